The van der Waals surface area contributed by atoms with Crippen LogP contribution in [-0.4, -0.2) is 28.7 Å². The lowest BCUT2D eigenvalue weighted by Gasteiger charge is -1.98. The van der Waals surface area contributed by atoms with Crippen LogP contribution >= 0.6 is 0 Å². The Bertz CT molecular complexity index is 721. The molecule has 0 aliphatic rings. The first-order valence-corrected chi connectivity index (χ1v) is 7.00. The largest absolute Gasteiger partial charge is 0.463 e. The van der Waals surface area contributed by atoms with Crippen LogP contribution in [0.15, 0.2) is 40.9 Å². The van der Waals surface area contributed by atoms with Gasteiger partial charge in [-0.3, -0.25) is 0 Å². The van der Waals surface area contributed by atoms with Crippen LogP contribution in [0.25, 0.3) is 11.4 Å². The van der Waals surface area contributed by atoms with Gasteiger partial charge in [0.2, 0.25) is 5.82 Å². The molecule has 0 radical (unpaired) electrons. The van der Waals surface area contributed by atoms with Gasteiger partial charge in [-0.25, -0.2) is 9.59 Å². The molecular formula is C16H16N2O5. The molecule has 0 aliphatic carbocycles. The van der Waals surface area contributed by atoms with E-state index < -0.39 is 11.9 Å². The van der Waals surface area contributed by atoms with Gasteiger partial charge in [-0.2, -0.15) is 4.98 Å². The topological polar surface area (TPSA) is 91.5 Å². The average molecular weight is 316 g/mol. The van der Waals surface area contributed by atoms with Gasteiger partial charge in [0, 0.05) is 17.7 Å². The van der Waals surface area contributed by atoms with E-state index in [0.29, 0.717) is 5.82 Å². The average Bonchev–Trinajstić information content (AvgIpc) is 3.00. The summed E-state index contributed by atoms with van der Waals surface area (Å²) < 4.78 is 14.6. The van der Waals surface area contributed by atoms with Crippen LogP contribution in [0.1, 0.15) is 18.4 Å². The van der Waals surface area contributed by atoms with Crippen molar-refractivity contribution in [2.75, 3.05) is 6.61 Å². The number of aryl methyl sites for hydroxylation is 1. The van der Waals surface area contributed by atoms with Crippen molar-refractivity contribution < 1.29 is 23.6 Å². The quantitative estimate of drug-likeness (QED) is 0.596. The van der Waals surface area contributed by atoms with Crippen LogP contribution in [-0.2, 0) is 25.7 Å². The molecule has 1 heterocycles. The molecule has 2 aromatic rings. The highest BCUT2D eigenvalue weighted by Gasteiger charge is 2.11. The summed E-state index contributed by atoms with van der Waals surface area (Å²) in [5.74, 6) is -0.713. The molecule has 7 heteroatoms. The number of benzene rings is 1. The van der Waals surface area contributed by atoms with Crippen LogP contribution in [0.2, 0.25) is 0 Å². The van der Waals surface area contributed by atoms with E-state index in [1.807, 2.05) is 31.2 Å². The summed E-state index contributed by atoms with van der Waals surface area (Å²) in [5, 5.41) is 3.85. The molecule has 7 nitrogen and oxygen atoms in total. The van der Waals surface area contributed by atoms with E-state index in [4.69, 9.17) is 9.26 Å². The Morgan fingerprint density at radius 3 is 2.57 bits per heavy atom. The molecule has 0 N–H and O–H groups in total. The maximum Gasteiger partial charge on any atom is 0.331 e. The van der Waals surface area contributed by atoms with Crippen molar-refractivity contribution in [1.82, 2.24) is 10.1 Å². The van der Waals surface area contributed by atoms with Crippen LogP contribution in [0, 0.1) is 6.92 Å². The minimum Gasteiger partial charge on any atom is -0.463 e. The maximum absolute atomic E-state index is 11.4. The van der Waals surface area contributed by atoms with Crippen molar-refractivity contribution in [3.8, 4) is 11.4 Å². The number of ether oxygens (including phenoxy) is 2. The number of aromatic nitrogens is 2. The van der Waals surface area contributed by atoms with E-state index in [0.717, 1.165) is 23.3 Å². The van der Waals surface area contributed by atoms with Crippen molar-refractivity contribution in [1.29, 1.82) is 0 Å². The zero-order chi connectivity index (χ0) is 16.7. The fourth-order valence-corrected chi connectivity index (χ4v) is 1.75. The SMILES string of the molecule is CCOC(=O)/C=C/C(=O)OCc1nc(-c2ccccc2C)no1. The van der Waals surface area contributed by atoms with E-state index >= 15 is 0 Å². The number of hydrogen-bond donors (Lipinski definition) is 0. The molecule has 0 amide bonds. The fourth-order valence-electron chi connectivity index (χ4n) is 1.75. The van der Waals surface area contributed by atoms with Gasteiger partial charge in [-0.15, -0.1) is 0 Å². The van der Waals surface area contributed by atoms with Gasteiger partial charge in [-0.05, 0) is 19.4 Å². The van der Waals surface area contributed by atoms with Crippen molar-refractivity contribution in [3.63, 3.8) is 0 Å². The molecule has 0 saturated carbocycles. The molecule has 0 atom stereocenters. The zero-order valence-corrected chi connectivity index (χ0v) is 12.8. The van der Waals surface area contributed by atoms with Gasteiger partial charge < -0.3 is 14.0 Å². The second-order valence-corrected chi connectivity index (χ2v) is 4.52. The summed E-state index contributed by atoms with van der Waals surface area (Å²) in [5.41, 5.74) is 1.85. The van der Waals surface area contributed by atoms with Gasteiger partial charge in [0.15, 0.2) is 6.61 Å². The number of carbonyl (C=O) groups is 2. The Balaban J connectivity index is 1.91. The summed E-state index contributed by atoms with van der Waals surface area (Å²) >= 11 is 0. The molecule has 0 unspecified atom stereocenters. The second kappa shape index (κ2) is 7.88. The van der Waals surface area contributed by atoms with E-state index in [1.165, 1.54) is 0 Å². The lowest BCUT2D eigenvalue weighted by Crippen LogP contribution is -2.04. The highest BCUT2D eigenvalue weighted by molar-refractivity contribution is 5.91. The number of carbonyl (C=O) groups excluding carboxylic acids is 2. The standard InChI is InChI=1S/C16H16N2O5/c1-3-21-14(19)8-9-15(20)22-10-13-17-16(18-23-13)12-7-5-4-6-11(12)2/h4-9H,3,10H2,1-2H3/b9-8+. The number of hydrogen-bond acceptors (Lipinski definition) is 7. The monoisotopic (exact) mass is 316 g/mol. The zero-order valence-electron chi connectivity index (χ0n) is 12.8. The third-order valence-electron chi connectivity index (χ3n) is 2.83. The first-order valence-electron chi connectivity index (χ1n) is 7.00. The van der Waals surface area contributed by atoms with Crippen molar-refractivity contribution in [3.05, 3.63) is 47.9 Å². The molecule has 0 fully saturated rings. The Morgan fingerprint density at radius 2 is 1.87 bits per heavy atom. The fraction of sp³-hybridized carbons (Fsp3) is 0.250. The molecule has 0 aliphatic heterocycles. The molecule has 0 spiro atoms. The molecule has 2 rings (SSSR count). The van der Waals surface area contributed by atoms with E-state index in [-0.39, 0.29) is 19.1 Å². The second-order valence-electron chi connectivity index (χ2n) is 4.52. The number of esters is 2. The number of nitrogens with zero attached hydrogens (tertiary/aromatic N) is 2. The predicted molar refractivity (Wildman–Crippen MR) is 80.0 cm³/mol. The van der Waals surface area contributed by atoms with Crippen LogP contribution in [0.5, 0.6) is 0 Å². The molecule has 1 aromatic heterocycles. The lowest BCUT2D eigenvalue weighted by molar-refractivity contribution is -0.141. The van der Waals surface area contributed by atoms with Crippen LogP contribution < -0.4 is 0 Å². The van der Waals surface area contributed by atoms with E-state index in [2.05, 4.69) is 14.9 Å². The molecular weight excluding hydrogens is 300 g/mol. The summed E-state index contributed by atoms with van der Waals surface area (Å²) in [6.07, 6.45) is 1.98. The summed E-state index contributed by atoms with van der Waals surface area (Å²) in [6.45, 7) is 3.67. The van der Waals surface area contributed by atoms with E-state index in [1.54, 1.807) is 6.92 Å². The van der Waals surface area contributed by atoms with Gasteiger partial charge in [-0.1, -0.05) is 29.4 Å². The minimum absolute atomic E-state index is 0.168. The first-order chi connectivity index (χ1) is 11.1. The molecule has 0 saturated heterocycles. The molecule has 120 valence electrons. The van der Waals surface area contributed by atoms with Gasteiger partial charge >= 0.3 is 11.9 Å². The summed E-state index contributed by atoms with van der Waals surface area (Å²) in [4.78, 5) is 26.7. The van der Waals surface area contributed by atoms with Gasteiger partial charge in [0.05, 0.1) is 6.61 Å². The summed E-state index contributed by atoms with van der Waals surface area (Å²) in [6, 6.07) is 7.60. The predicted octanol–water partition coefficient (Wildman–Crippen LogP) is 2.21. The molecule has 1 aromatic carbocycles. The van der Waals surface area contributed by atoms with Crippen molar-refractivity contribution >= 4 is 11.9 Å². The van der Waals surface area contributed by atoms with Crippen molar-refractivity contribution in [2.45, 2.75) is 20.5 Å². The van der Waals surface area contributed by atoms with Gasteiger partial charge in [0.25, 0.3) is 5.89 Å². The van der Waals surface area contributed by atoms with Crippen molar-refractivity contribution in [2.24, 2.45) is 0 Å². The van der Waals surface area contributed by atoms with Crippen LogP contribution in [0.4, 0.5) is 0 Å². The third-order valence-corrected chi connectivity index (χ3v) is 2.83. The molecule has 23 heavy (non-hydrogen) atoms. The minimum atomic E-state index is -0.700. The maximum atomic E-state index is 11.4. The number of rotatable bonds is 6. The first kappa shape index (κ1) is 16.4. The Hall–Kier alpha value is -2.96. The van der Waals surface area contributed by atoms with Gasteiger partial charge in [0.1, 0.15) is 0 Å². The molecule has 0 bridgehead atoms. The Labute approximate surface area is 132 Å². The Kier molecular flexibility index (Phi) is 5.62. The Morgan fingerprint density at radius 1 is 1.17 bits per heavy atom. The third kappa shape index (κ3) is 4.77. The normalized spacial score (nSPS) is 10.7. The van der Waals surface area contributed by atoms with E-state index in [9.17, 15) is 9.59 Å². The van der Waals surface area contributed by atoms with Crippen LogP contribution in [0.3, 0.4) is 0 Å². The highest BCUT2D eigenvalue weighted by atomic mass is 16.6. The smallest absolute Gasteiger partial charge is 0.331 e. The highest BCUT2D eigenvalue weighted by Crippen LogP contribution is 2.19. The summed E-state index contributed by atoms with van der Waals surface area (Å²) in [7, 11) is 0. The lowest BCUT2D eigenvalue weighted by atomic mass is 10.1.